The molecule has 0 aliphatic carbocycles. The Hall–Kier alpha value is -3.34. The second kappa shape index (κ2) is 13.7. The van der Waals surface area contributed by atoms with Crippen molar-refractivity contribution in [1.82, 2.24) is 0 Å². The molecule has 3 aromatic rings. The molecule has 0 saturated carbocycles. The predicted octanol–water partition coefficient (Wildman–Crippen LogP) is 5.97. The summed E-state index contributed by atoms with van der Waals surface area (Å²) < 4.78 is 31.2. The van der Waals surface area contributed by atoms with Gasteiger partial charge in [0.1, 0.15) is 17.8 Å². The molecule has 0 spiro atoms. The van der Waals surface area contributed by atoms with Crippen LogP contribution in [0.2, 0.25) is 18.1 Å². The van der Waals surface area contributed by atoms with Crippen LogP contribution in [0, 0.1) is 0 Å². The first-order valence-corrected chi connectivity index (χ1v) is 17.8. The van der Waals surface area contributed by atoms with Gasteiger partial charge < -0.3 is 28.5 Å². The number of hydrogen-bond acceptors (Lipinski definition) is 8. The van der Waals surface area contributed by atoms with Gasteiger partial charge >= 0.3 is 11.9 Å². The Morgan fingerprint density at radius 2 is 1.14 bits per heavy atom. The number of carbonyl (C=O) groups is 2. The van der Waals surface area contributed by atoms with E-state index in [1.165, 1.54) is 13.8 Å². The quantitative estimate of drug-likeness (QED) is 0.168. The summed E-state index contributed by atoms with van der Waals surface area (Å²) in [6, 6.07) is 29.6. The van der Waals surface area contributed by atoms with E-state index < -0.39 is 56.6 Å². The van der Waals surface area contributed by atoms with E-state index in [9.17, 15) is 14.7 Å². The second-order valence-electron chi connectivity index (χ2n) is 12.6. The maximum absolute atomic E-state index is 12.5. The molecule has 44 heavy (non-hydrogen) atoms. The summed E-state index contributed by atoms with van der Waals surface area (Å²) in [7, 11) is -2.54. The Morgan fingerprint density at radius 3 is 1.52 bits per heavy atom. The molecular formula is C35H44O8Si. The summed E-state index contributed by atoms with van der Waals surface area (Å²) >= 11 is 0. The molecule has 8 nitrogen and oxygen atoms in total. The third-order valence-electron chi connectivity index (χ3n) is 8.46. The number of esters is 2. The van der Waals surface area contributed by atoms with Gasteiger partial charge in [0.05, 0.1) is 6.61 Å². The van der Waals surface area contributed by atoms with E-state index in [0.717, 1.165) is 16.7 Å². The van der Waals surface area contributed by atoms with E-state index in [0.29, 0.717) is 0 Å². The first kappa shape index (κ1) is 33.5. The van der Waals surface area contributed by atoms with Gasteiger partial charge in [-0.1, -0.05) is 112 Å². The Bertz CT molecular complexity index is 1280. The Labute approximate surface area is 261 Å². The largest absolute Gasteiger partial charge is 0.457 e. The van der Waals surface area contributed by atoms with Crippen LogP contribution in [0.3, 0.4) is 0 Å². The highest BCUT2D eigenvalue weighted by molar-refractivity contribution is 6.74. The maximum Gasteiger partial charge on any atom is 0.303 e. The molecule has 1 heterocycles. The van der Waals surface area contributed by atoms with E-state index in [2.05, 4.69) is 20.8 Å². The maximum atomic E-state index is 12.5. The summed E-state index contributed by atoms with van der Waals surface area (Å²) in [5, 5.41) is 11.0. The lowest BCUT2D eigenvalue weighted by Crippen LogP contribution is -2.65. The zero-order valence-electron chi connectivity index (χ0n) is 26.6. The number of ether oxygens (including phenoxy) is 4. The summed E-state index contributed by atoms with van der Waals surface area (Å²) in [5.74, 6) is -1.18. The SMILES string of the molecule is CC(=O)O[C@@H]1[C@@H](O[Si](C)(C)C(C)(C)C)[C@@H](OC(C)=O)[C@@H](COC(c2ccccc2)(c2ccccc2)c2ccccc2)O[C@@H]1O. The van der Waals surface area contributed by atoms with Crippen molar-refractivity contribution in [3.05, 3.63) is 108 Å². The molecular weight excluding hydrogens is 576 g/mol. The molecule has 0 unspecified atom stereocenters. The Kier molecular flexibility index (Phi) is 10.5. The van der Waals surface area contributed by atoms with Crippen LogP contribution >= 0.6 is 0 Å². The van der Waals surface area contributed by atoms with E-state index in [4.69, 9.17) is 23.4 Å². The van der Waals surface area contributed by atoms with Gasteiger partial charge in [-0.05, 0) is 34.8 Å². The number of hydrogen-bond donors (Lipinski definition) is 1. The normalized spacial score (nSPS) is 22.7. The fourth-order valence-corrected chi connectivity index (χ4v) is 6.61. The van der Waals surface area contributed by atoms with Gasteiger partial charge in [0, 0.05) is 13.8 Å². The lowest BCUT2D eigenvalue weighted by molar-refractivity contribution is -0.294. The number of aliphatic hydroxyl groups excluding tert-OH is 1. The van der Waals surface area contributed by atoms with Gasteiger partial charge in [0.2, 0.25) is 0 Å². The topological polar surface area (TPSA) is 101 Å². The van der Waals surface area contributed by atoms with Crippen molar-refractivity contribution in [1.29, 1.82) is 0 Å². The molecule has 1 aliphatic heterocycles. The van der Waals surface area contributed by atoms with Gasteiger partial charge in [0.25, 0.3) is 0 Å². The van der Waals surface area contributed by atoms with Crippen LogP contribution < -0.4 is 0 Å². The highest BCUT2D eigenvalue weighted by Gasteiger charge is 2.54. The second-order valence-corrected chi connectivity index (χ2v) is 17.4. The number of benzene rings is 3. The summed E-state index contributed by atoms with van der Waals surface area (Å²) in [5.41, 5.74) is 1.56. The standard InChI is InChI=1S/C35H44O8Si/c1-24(36)40-30-29(42-33(38)32(41-25(2)37)31(30)43-44(6,7)34(3,4)5)23-39-35(26-17-11-8-12-18-26,27-19-13-9-14-20-27)28-21-15-10-16-22-28/h8-22,29-33,38H,23H2,1-7H3/t29-,30+,31+,32-,33+/m1/s1. The first-order chi connectivity index (χ1) is 20.8. The number of aliphatic hydroxyl groups is 1. The van der Waals surface area contributed by atoms with Crippen LogP contribution in [0.5, 0.6) is 0 Å². The highest BCUT2D eigenvalue weighted by Crippen LogP contribution is 2.43. The molecule has 4 rings (SSSR count). The number of carbonyl (C=O) groups excluding carboxylic acids is 2. The summed E-state index contributed by atoms with van der Waals surface area (Å²) in [4.78, 5) is 24.6. The molecule has 3 aromatic carbocycles. The lowest BCUT2D eigenvalue weighted by Gasteiger charge is -2.48. The van der Waals surface area contributed by atoms with Crippen molar-refractivity contribution in [2.75, 3.05) is 6.61 Å². The first-order valence-electron chi connectivity index (χ1n) is 14.9. The van der Waals surface area contributed by atoms with Crippen molar-refractivity contribution in [2.24, 2.45) is 0 Å². The number of rotatable bonds is 10. The van der Waals surface area contributed by atoms with E-state index >= 15 is 0 Å². The van der Waals surface area contributed by atoms with Crippen molar-refractivity contribution in [3.63, 3.8) is 0 Å². The minimum Gasteiger partial charge on any atom is -0.457 e. The van der Waals surface area contributed by atoms with Crippen LogP contribution in [-0.4, -0.2) is 62.7 Å². The molecule has 1 saturated heterocycles. The monoisotopic (exact) mass is 620 g/mol. The third-order valence-corrected chi connectivity index (χ3v) is 12.9. The predicted molar refractivity (Wildman–Crippen MR) is 169 cm³/mol. The Balaban J connectivity index is 1.81. The van der Waals surface area contributed by atoms with E-state index in [1.807, 2.05) is 104 Å². The zero-order valence-corrected chi connectivity index (χ0v) is 27.6. The minimum atomic E-state index is -2.54. The van der Waals surface area contributed by atoms with Crippen molar-refractivity contribution in [3.8, 4) is 0 Å². The molecule has 9 heteroatoms. The van der Waals surface area contributed by atoms with Crippen molar-refractivity contribution >= 4 is 20.3 Å². The fraction of sp³-hybridized carbons (Fsp3) is 0.429. The average molecular weight is 621 g/mol. The molecule has 1 N–H and O–H groups in total. The van der Waals surface area contributed by atoms with Crippen molar-refractivity contribution in [2.45, 2.75) is 89.1 Å². The van der Waals surface area contributed by atoms with Gasteiger partial charge in [-0.2, -0.15) is 0 Å². The Morgan fingerprint density at radius 1 is 0.727 bits per heavy atom. The molecule has 5 atom stereocenters. The van der Waals surface area contributed by atoms with Crippen LogP contribution in [0.1, 0.15) is 51.3 Å². The average Bonchev–Trinajstić information content (AvgIpc) is 2.97. The van der Waals surface area contributed by atoms with Gasteiger partial charge in [-0.3, -0.25) is 9.59 Å². The van der Waals surface area contributed by atoms with Crippen LogP contribution in [-0.2, 0) is 38.6 Å². The minimum absolute atomic E-state index is 0.0994. The molecule has 236 valence electrons. The molecule has 0 bridgehead atoms. The van der Waals surface area contributed by atoms with Gasteiger partial charge in [-0.15, -0.1) is 0 Å². The van der Waals surface area contributed by atoms with Crippen LogP contribution in [0.15, 0.2) is 91.0 Å². The lowest BCUT2D eigenvalue weighted by atomic mass is 9.80. The van der Waals surface area contributed by atoms with Crippen molar-refractivity contribution < 1.29 is 38.1 Å². The smallest absolute Gasteiger partial charge is 0.303 e. The molecule has 0 amide bonds. The van der Waals surface area contributed by atoms with Crippen LogP contribution in [0.25, 0.3) is 0 Å². The molecule has 1 fully saturated rings. The molecule has 0 radical (unpaired) electrons. The van der Waals surface area contributed by atoms with Crippen LogP contribution in [0.4, 0.5) is 0 Å². The van der Waals surface area contributed by atoms with Gasteiger partial charge in [0.15, 0.2) is 26.8 Å². The highest BCUT2D eigenvalue weighted by atomic mass is 28.4. The summed E-state index contributed by atoms with van der Waals surface area (Å²) in [6.45, 7) is 12.8. The van der Waals surface area contributed by atoms with Gasteiger partial charge in [-0.25, -0.2) is 0 Å². The third kappa shape index (κ3) is 7.30. The van der Waals surface area contributed by atoms with E-state index in [-0.39, 0.29) is 11.6 Å². The van der Waals surface area contributed by atoms with E-state index in [1.54, 1.807) is 0 Å². The summed E-state index contributed by atoms with van der Waals surface area (Å²) in [6.07, 6.45) is -5.78. The zero-order chi connectivity index (χ0) is 32.1. The molecule has 1 aliphatic rings. The molecule has 0 aromatic heterocycles. The fourth-order valence-electron chi connectivity index (χ4n) is 5.31.